The molecule has 0 amide bonds. The van der Waals surface area contributed by atoms with Crippen molar-refractivity contribution in [3.8, 4) is 0 Å². The third kappa shape index (κ3) is 2.19. The average Bonchev–Trinajstić information content (AvgIpc) is 2.97. The second kappa shape index (κ2) is 5.35. The predicted octanol–water partition coefficient (Wildman–Crippen LogP) is 4.78. The van der Waals surface area contributed by atoms with Crippen LogP contribution in [-0.4, -0.2) is 28.2 Å². The Labute approximate surface area is 149 Å². The van der Waals surface area contributed by atoms with Crippen LogP contribution in [-0.2, 0) is 4.79 Å². The highest BCUT2D eigenvalue weighted by Gasteiger charge is 2.80. The molecule has 2 aliphatic rings. The predicted molar refractivity (Wildman–Crippen MR) is 91.6 cm³/mol. The fourth-order valence-corrected chi connectivity index (χ4v) is 7.28. The van der Waals surface area contributed by atoms with E-state index in [9.17, 15) is 22.8 Å². The number of alkyl halides is 3. The average molecular weight is 370 g/mol. The number of benzene rings is 1. The minimum Gasteiger partial charge on any atom is -0.298 e. The summed E-state index contributed by atoms with van der Waals surface area (Å²) >= 11 is 1.15. The summed E-state index contributed by atoms with van der Waals surface area (Å²) < 4.78 is 40.2. The van der Waals surface area contributed by atoms with Gasteiger partial charge in [0, 0.05) is 22.1 Å². The van der Waals surface area contributed by atoms with Gasteiger partial charge in [-0.3, -0.25) is 9.59 Å². The highest BCUT2D eigenvalue weighted by atomic mass is 32.2. The number of rotatable bonds is 2. The van der Waals surface area contributed by atoms with Gasteiger partial charge in [-0.1, -0.05) is 58.0 Å². The van der Waals surface area contributed by atoms with Crippen molar-refractivity contribution in [2.75, 3.05) is 5.75 Å². The van der Waals surface area contributed by atoms with Gasteiger partial charge in [0.15, 0.2) is 5.78 Å². The topological polar surface area (TPSA) is 34.1 Å². The maximum absolute atomic E-state index is 13.7. The molecule has 0 aromatic heterocycles. The Balaban J connectivity index is 2.17. The molecule has 0 N–H and O–H groups in total. The monoisotopic (exact) mass is 370 g/mol. The summed E-state index contributed by atoms with van der Waals surface area (Å²) in [5.74, 6) is -3.78. The van der Waals surface area contributed by atoms with E-state index in [1.54, 1.807) is 58.0 Å². The largest absolute Gasteiger partial charge is 0.393 e. The zero-order valence-corrected chi connectivity index (χ0v) is 15.4. The molecule has 2 nitrogen and oxygen atoms in total. The highest BCUT2D eigenvalue weighted by molar-refractivity contribution is 8.01. The lowest BCUT2D eigenvalue weighted by Gasteiger charge is -2.65. The van der Waals surface area contributed by atoms with Crippen LogP contribution in [0.3, 0.4) is 0 Å². The van der Waals surface area contributed by atoms with Crippen LogP contribution < -0.4 is 0 Å². The first-order chi connectivity index (χ1) is 11.4. The lowest BCUT2D eigenvalue weighted by atomic mass is 9.41. The van der Waals surface area contributed by atoms with Crippen LogP contribution in [0.4, 0.5) is 13.2 Å². The van der Waals surface area contributed by atoms with Gasteiger partial charge in [0.05, 0.1) is 16.6 Å². The lowest BCUT2D eigenvalue weighted by molar-refractivity contribution is -0.194. The molecule has 0 bridgehead atoms. The number of hydrogen-bond donors (Lipinski definition) is 0. The minimum absolute atomic E-state index is 0.0822. The van der Waals surface area contributed by atoms with E-state index >= 15 is 0 Å². The molecule has 1 aromatic carbocycles. The Bertz CT molecular complexity index is 704. The second-order valence-corrected chi connectivity index (χ2v) is 9.25. The molecule has 136 valence electrons. The van der Waals surface area contributed by atoms with Crippen molar-refractivity contribution in [2.45, 2.75) is 38.6 Å². The third-order valence-corrected chi connectivity index (χ3v) is 8.34. The first-order valence-electron chi connectivity index (χ1n) is 8.24. The number of halogens is 3. The first-order valence-corrected chi connectivity index (χ1v) is 9.22. The van der Waals surface area contributed by atoms with Gasteiger partial charge in [0.25, 0.3) is 0 Å². The molecule has 1 aliphatic carbocycles. The Morgan fingerprint density at radius 1 is 1.08 bits per heavy atom. The Morgan fingerprint density at radius 2 is 1.60 bits per heavy atom. The molecule has 1 saturated heterocycles. The molecule has 2 fully saturated rings. The number of carbonyl (C=O) groups excluding carboxylic acids is 2. The van der Waals surface area contributed by atoms with Crippen LogP contribution in [0.1, 0.15) is 38.1 Å². The summed E-state index contributed by atoms with van der Waals surface area (Å²) in [7, 11) is 0. The first kappa shape index (κ1) is 18.5. The van der Waals surface area contributed by atoms with Gasteiger partial charge < -0.3 is 0 Å². The molecule has 25 heavy (non-hydrogen) atoms. The number of thioether (sulfide) groups is 1. The Kier molecular flexibility index (Phi) is 3.96. The third-order valence-electron chi connectivity index (χ3n) is 6.08. The molecule has 1 saturated carbocycles. The Hall–Kier alpha value is -1.30. The van der Waals surface area contributed by atoms with Crippen LogP contribution in [0, 0.1) is 22.7 Å². The SMILES string of the molecule is CC1(C)C(=O)C(C)(C)C12SC[C@@H](C(F)(F)F)[C@@H]2C(=O)c1ccccc1. The molecule has 1 heterocycles. The van der Waals surface area contributed by atoms with Crippen LogP contribution >= 0.6 is 11.8 Å². The van der Waals surface area contributed by atoms with Gasteiger partial charge in [-0.2, -0.15) is 24.9 Å². The molecule has 0 unspecified atom stereocenters. The van der Waals surface area contributed by atoms with Crippen molar-refractivity contribution in [2.24, 2.45) is 22.7 Å². The van der Waals surface area contributed by atoms with Crippen LogP contribution in [0.15, 0.2) is 30.3 Å². The van der Waals surface area contributed by atoms with Crippen LogP contribution in [0.5, 0.6) is 0 Å². The zero-order chi connectivity index (χ0) is 18.8. The van der Waals surface area contributed by atoms with Crippen molar-refractivity contribution in [3.63, 3.8) is 0 Å². The van der Waals surface area contributed by atoms with Gasteiger partial charge >= 0.3 is 6.18 Å². The van der Waals surface area contributed by atoms with E-state index in [1.165, 1.54) is 0 Å². The molecule has 3 rings (SSSR count). The molecule has 1 spiro atoms. The molecule has 1 aliphatic heterocycles. The number of carbonyl (C=O) groups is 2. The van der Waals surface area contributed by atoms with Gasteiger partial charge in [0.2, 0.25) is 0 Å². The molecule has 0 radical (unpaired) electrons. The maximum atomic E-state index is 13.7. The summed E-state index contributed by atoms with van der Waals surface area (Å²) in [6, 6.07) is 8.11. The van der Waals surface area contributed by atoms with E-state index < -0.39 is 39.4 Å². The summed E-state index contributed by atoms with van der Waals surface area (Å²) in [5, 5.41) is 0. The summed E-state index contributed by atoms with van der Waals surface area (Å²) in [5.41, 5.74) is -1.68. The zero-order valence-electron chi connectivity index (χ0n) is 14.6. The summed E-state index contributed by atoms with van der Waals surface area (Å²) in [4.78, 5) is 25.8. The fourth-order valence-electron chi connectivity index (χ4n) is 5.10. The smallest absolute Gasteiger partial charge is 0.298 e. The van der Waals surface area contributed by atoms with E-state index in [0.717, 1.165) is 11.8 Å². The van der Waals surface area contributed by atoms with Gasteiger partial charge in [0.1, 0.15) is 5.78 Å². The molecule has 1 aromatic rings. The van der Waals surface area contributed by atoms with Crippen LogP contribution in [0.25, 0.3) is 0 Å². The molecular weight excluding hydrogens is 349 g/mol. The van der Waals surface area contributed by atoms with Crippen LogP contribution in [0.2, 0.25) is 0 Å². The van der Waals surface area contributed by atoms with Gasteiger partial charge in [-0.25, -0.2) is 0 Å². The lowest BCUT2D eigenvalue weighted by Crippen LogP contribution is -2.75. The normalized spacial score (nSPS) is 29.5. The molecule has 2 atom stereocenters. The highest BCUT2D eigenvalue weighted by Crippen LogP contribution is 2.74. The standard InChI is InChI=1S/C19H21F3O2S/c1-16(2)15(24)17(3,4)18(16)13(12(10-25-18)19(20,21)22)14(23)11-8-6-5-7-9-11/h5-9,12-13H,10H2,1-4H3/t12-,13-/m1/s1. The van der Waals surface area contributed by atoms with Gasteiger partial charge in [-0.15, -0.1) is 0 Å². The van der Waals surface area contributed by atoms with Crippen molar-refractivity contribution in [1.29, 1.82) is 0 Å². The minimum atomic E-state index is -4.48. The number of hydrogen-bond acceptors (Lipinski definition) is 3. The van der Waals surface area contributed by atoms with E-state index in [-0.39, 0.29) is 17.1 Å². The van der Waals surface area contributed by atoms with E-state index in [1.807, 2.05) is 0 Å². The van der Waals surface area contributed by atoms with Crippen molar-refractivity contribution in [1.82, 2.24) is 0 Å². The maximum Gasteiger partial charge on any atom is 0.393 e. The fraction of sp³-hybridized carbons (Fsp3) is 0.579. The van der Waals surface area contributed by atoms with Crippen molar-refractivity contribution >= 4 is 23.3 Å². The van der Waals surface area contributed by atoms with Crippen molar-refractivity contribution < 1.29 is 22.8 Å². The second-order valence-electron chi connectivity index (χ2n) is 7.98. The molecular formula is C19H21F3O2S. The Morgan fingerprint density at radius 3 is 2.08 bits per heavy atom. The summed E-state index contributed by atoms with van der Waals surface area (Å²) in [6.07, 6.45) is -4.48. The quantitative estimate of drug-likeness (QED) is 0.703. The van der Waals surface area contributed by atoms with Gasteiger partial charge in [-0.05, 0) is 0 Å². The summed E-state index contributed by atoms with van der Waals surface area (Å²) in [6.45, 7) is 6.71. The van der Waals surface area contributed by atoms with Crippen molar-refractivity contribution in [3.05, 3.63) is 35.9 Å². The van der Waals surface area contributed by atoms with E-state index in [2.05, 4.69) is 0 Å². The number of ketones is 2. The number of Topliss-reactive ketones (excluding diaryl/α,β-unsaturated/α-hetero) is 2. The molecule has 6 heteroatoms. The van der Waals surface area contributed by atoms with E-state index in [4.69, 9.17) is 0 Å². The van der Waals surface area contributed by atoms with E-state index in [0.29, 0.717) is 0 Å².